The van der Waals surface area contributed by atoms with Gasteiger partial charge in [-0.1, -0.05) is 28.9 Å². The van der Waals surface area contributed by atoms with Crippen LogP contribution in [0.2, 0.25) is 5.02 Å². The number of benzene rings is 2. The van der Waals surface area contributed by atoms with Crippen molar-refractivity contribution in [3.63, 3.8) is 0 Å². The number of aromatic nitrogens is 1. The van der Waals surface area contributed by atoms with Gasteiger partial charge in [-0.3, -0.25) is 9.69 Å². The molecule has 0 radical (unpaired) electrons. The van der Waals surface area contributed by atoms with E-state index in [1.165, 1.54) is 7.11 Å². The van der Waals surface area contributed by atoms with Gasteiger partial charge in [-0.15, -0.1) is 0 Å². The molecule has 3 rings (SSSR count). The Kier molecular flexibility index (Phi) is 7.59. The lowest BCUT2D eigenvalue weighted by Crippen LogP contribution is -2.37. The molecule has 33 heavy (non-hydrogen) atoms. The van der Waals surface area contributed by atoms with Crippen LogP contribution in [0, 0.1) is 11.3 Å². The van der Waals surface area contributed by atoms with Gasteiger partial charge >= 0.3 is 5.97 Å². The number of halogens is 1. The minimum absolute atomic E-state index is 0.227. The van der Waals surface area contributed by atoms with E-state index in [0.717, 1.165) is 5.56 Å². The van der Waals surface area contributed by atoms with Crippen molar-refractivity contribution in [2.75, 3.05) is 21.2 Å². The molecule has 0 spiro atoms. The fourth-order valence-corrected chi connectivity index (χ4v) is 3.61. The zero-order chi connectivity index (χ0) is 24.1. The number of carboxylic acid groups (broad SMARTS) is 1. The molecule has 9 heteroatoms. The quantitative estimate of drug-likeness (QED) is 0.485. The van der Waals surface area contributed by atoms with E-state index < -0.39 is 18.1 Å². The molecule has 0 aliphatic rings. The van der Waals surface area contributed by atoms with Crippen LogP contribution in [0.5, 0.6) is 11.5 Å². The second kappa shape index (κ2) is 10.4. The van der Waals surface area contributed by atoms with Crippen LogP contribution < -0.4 is 9.47 Å². The number of nitrogens with zero attached hydrogens (tertiary/aromatic N) is 3. The number of rotatable bonds is 9. The fourth-order valence-electron chi connectivity index (χ4n) is 3.32. The molecule has 2 aromatic carbocycles. The second-order valence-electron chi connectivity index (χ2n) is 7.66. The van der Waals surface area contributed by atoms with Crippen molar-refractivity contribution in [3.05, 3.63) is 64.4 Å². The molecule has 0 amide bonds. The predicted molar refractivity (Wildman–Crippen MR) is 123 cm³/mol. The lowest BCUT2D eigenvalue weighted by Gasteiger charge is -2.20. The Bertz CT molecular complexity index is 1170. The number of carbonyl (C=O) groups is 1. The van der Waals surface area contributed by atoms with Gasteiger partial charge in [0.25, 0.3) is 0 Å². The molecule has 1 N–H and O–H groups in total. The highest BCUT2D eigenvalue weighted by atomic mass is 35.5. The Morgan fingerprint density at radius 2 is 1.97 bits per heavy atom. The standard InChI is InChI=1S/C24H24ClN3O5/c1-14(32-16-7-5-15(6-8-16)11-20(24(29)30)28(2)3)22-12-19(27-33-22)17-9-10-21(31-4)18(13-26)23(17)25/h5-10,12,14,20H,11H2,1-4H3,(H,29,30)/t14-,20-/m0/s1. The Morgan fingerprint density at radius 3 is 2.55 bits per heavy atom. The molecule has 0 saturated carbocycles. The zero-order valence-corrected chi connectivity index (χ0v) is 19.5. The summed E-state index contributed by atoms with van der Waals surface area (Å²) in [6.45, 7) is 1.82. The van der Waals surface area contributed by atoms with E-state index in [2.05, 4.69) is 5.16 Å². The van der Waals surface area contributed by atoms with Crippen LogP contribution in [0.4, 0.5) is 0 Å². The van der Waals surface area contributed by atoms with E-state index in [9.17, 15) is 15.2 Å². The fraction of sp³-hybridized carbons (Fsp3) is 0.292. The smallest absolute Gasteiger partial charge is 0.321 e. The van der Waals surface area contributed by atoms with Crippen molar-refractivity contribution in [1.82, 2.24) is 10.1 Å². The minimum atomic E-state index is -0.867. The van der Waals surface area contributed by atoms with E-state index in [1.54, 1.807) is 49.3 Å². The summed E-state index contributed by atoms with van der Waals surface area (Å²) in [7, 11) is 4.95. The van der Waals surface area contributed by atoms with Crippen molar-refractivity contribution in [3.8, 4) is 28.8 Å². The topological polar surface area (TPSA) is 109 Å². The van der Waals surface area contributed by atoms with Crippen molar-refractivity contribution in [2.45, 2.75) is 25.5 Å². The molecular weight excluding hydrogens is 446 g/mol. The highest BCUT2D eigenvalue weighted by Crippen LogP contribution is 2.36. The largest absolute Gasteiger partial charge is 0.495 e. The second-order valence-corrected chi connectivity index (χ2v) is 8.03. The van der Waals surface area contributed by atoms with Gasteiger partial charge in [0.05, 0.1) is 12.1 Å². The summed E-state index contributed by atoms with van der Waals surface area (Å²) in [5, 5.41) is 23.0. The first-order valence-electron chi connectivity index (χ1n) is 10.1. The molecule has 0 bridgehead atoms. The first kappa shape index (κ1) is 24.1. The number of aliphatic carboxylic acids is 1. The summed E-state index contributed by atoms with van der Waals surface area (Å²) in [4.78, 5) is 13.1. The van der Waals surface area contributed by atoms with E-state index in [4.69, 9.17) is 25.6 Å². The van der Waals surface area contributed by atoms with Crippen LogP contribution in [0.3, 0.4) is 0 Å². The summed E-state index contributed by atoms with van der Waals surface area (Å²) in [6, 6.07) is 13.8. The van der Waals surface area contributed by atoms with E-state index in [0.29, 0.717) is 34.9 Å². The first-order valence-corrected chi connectivity index (χ1v) is 10.5. The van der Waals surface area contributed by atoms with Crippen LogP contribution in [-0.2, 0) is 11.2 Å². The lowest BCUT2D eigenvalue weighted by molar-refractivity contribution is -0.142. The number of hydrogen-bond acceptors (Lipinski definition) is 7. The summed E-state index contributed by atoms with van der Waals surface area (Å²) in [6.07, 6.45) is -0.0603. The van der Waals surface area contributed by atoms with Crippen LogP contribution in [0.15, 0.2) is 47.0 Å². The molecule has 0 unspecified atom stereocenters. The Hall–Kier alpha value is -3.54. The van der Waals surface area contributed by atoms with Crippen molar-refractivity contribution in [1.29, 1.82) is 5.26 Å². The highest BCUT2D eigenvalue weighted by molar-refractivity contribution is 6.34. The zero-order valence-electron chi connectivity index (χ0n) is 18.7. The molecule has 0 saturated heterocycles. The van der Waals surface area contributed by atoms with Gasteiger partial charge < -0.3 is 19.1 Å². The minimum Gasteiger partial charge on any atom is -0.495 e. The Morgan fingerprint density at radius 1 is 1.27 bits per heavy atom. The third kappa shape index (κ3) is 5.45. The third-order valence-corrected chi connectivity index (χ3v) is 5.61. The summed E-state index contributed by atoms with van der Waals surface area (Å²) < 4.78 is 16.6. The first-order chi connectivity index (χ1) is 15.7. The van der Waals surface area contributed by atoms with Crippen LogP contribution >= 0.6 is 11.6 Å². The van der Waals surface area contributed by atoms with E-state index in [1.807, 2.05) is 25.1 Å². The van der Waals surface area contributed by atoms with Crippen molar-refractivity contribution < 1.29 is 23.9 Å². The maximum Gasteiger partial charge on any atom is 0.321 e. The van der Waals surface area contributed by atoms with E-state index in [-0.39, 0.29) is 10.6 Å². The number of carboxylic acids is 1. The van der Waals surface area contributed by atoms with Gasteiger partial charge in [0.15, 0.2) is 11.9 Å². The number of ether oxygens (including phenoxy) is 2. The summed E-state index contributed by atoms with van der Waals surface area (Å²) in [5.41, 5.74) is 2.14. The molecule has 1 heterocycles. The third-order valence-electron chi connectivity index (χ3n) is 5.21. The summed E-state index contributed by atoms with van der Waals surface area (Å²) in [5.74, 6) is 0.609. The molecule has 1 aromatic heterocycles. The van der Waals surface area contributed by atoms with Crippen LogP contribution in [0.1, 0.15) is 29.9 Å². The molecule has 8 nitrogen and oxygen atoms in total. The molecule has 3 aromatic rings. The number of likely N-dealkylation sites (N-methyl/N-ethyl adjacent to an activating group) is 1. The van der Waals surface area contributed by atoms with Crippen molar-refractivity contribution in [2.24, 2.45) is 0 Å². The van der Waals surface area contributed by atoms with Gasteiger partial charge in [-0.2, -0.15) is 5.26 Å². The SMILES string of the molecule is COc1ccc(-c2cc([C@H](C)Oc3ccc(C[C@@H](C(=O)O)N(C)C)cc3)on2)c(Cl)c1C#N. The molecule has 172 valence electrons. The molecule has 0 aliphatic heterocycles. The average molecular weight is 470 g/mol. The normalized spacial score (nSPS) is 12.8. The van der Waals surface area contributed by atoms with Gasteiger partial charge in [0.2, 0.25) is 0 Å². The number of nitriles is 1. The van der Waals surface area contributed by atoms with Crippen LogP contribution in [0.25, 0.3) is 11.3 Å². The van der Waals surface area contributed by atoms with Crippen LogP contribution in [-0.4, -0.2) is 48.4 Å². The maximum absolute atomic E-state index is 11.4. The monoisotopic (exact) mass is 469 g/mol. The Balaban J connectivity index is 1.72. The number of hydrogen-bond donors (Lipinski definition) is 1. The molecule has 2 atom stereocenters. The van der Waals surface area contributed by atoms with Gasteiger partial charge in [0.1, 0.15) is 34.9 Å². The van der Waals surface area contributed by atoms with Crippen molar-refractivity contribution >= 4 is 17.6 Å². The predicted octanol–water partition coefficient (Wildman–Crippen LogP) is 4.57. The number of methoxy groups -OCH3 is 1. The highest BCUT2D eigenvalue weighted by Gasteiger charge is 2.21. The van der Waals surface area contributed by atoms with Gasteiger partial charge in [-0.25, -0.2) is 0 Å². The molecule has 0 fully saturated rings. The molecular formula is C24H24ClN3O5. The summed E-state index contributed by atoms with van der Waals surface area (Å²) >= 11 is 6.38. The Labute approximate surface area is 196 Å². The van der Waals surface area contributed by atoms with Gasteiger partial charge in [0, 0.05) is 11.6 Å². The van der Waals surface area contributed by atoms with E-state index >= 15 is 0 Å². The maximum atomic E-state index is 11.4. The van der Waals surface area contributed by atoms with Gasteiger partial charge in [-0.05, 0) is 57.3 Å². The molecule has 0 aliphatic carbocycles. The average Bonchev–Trinajstić information content (AvgIpc) is 3.27. The lowest BCUT2D eigenvalue weighted by atomic mass is 10.1.